The molecule has 4 nitrogen and oxygen atoms in total. The van der Waals surface area contributed by atoms with Gasteiger partial charge in [0.15, 0.2) is 0 Å². The Labute approximate surface area is 184 Å². The summed E-state index contributed by atoms with van der Waals surface area (Å²) in [5, 5.41) is 4.07. The number of hydrogen-bond donors (Lipinski definition) is 1. The number of carbonyl (C=O) groups is 1. The molecule has 3 rings (SSSR count). The number of unbranched alkanes of at least 4 members (excludes halogenated alkanes) is 3. The molecule has 0 aliphatic carbocycles. The van der Waals surface area contributed by atoms with Gasteiger partial charge in [0.25, 0.3) is 5.91 Å². The zero-order chi connectivity index (χ0) is 21.3. The van der Waals surface area contributed by atoms with Crippen molar-refractivity contribution in [1.29, 1.82) is 0 Å². The maximum Gasteiger partial charge on any atom is 0.252 e. The molecule has 1 aromatic carbocycles. The number of pyridine rings is 1. The van der Waals surface area contributed by atoms with Crippen molar-refractivity contribution in [1.82, 2.24) is 15.3 Å². The summed E-state index contributed by atoms with van der Waals surface area (Å²) in [6.07, 6.45) is 12.3. The van der Waals surface area contributed by atoms with E-state index in [1.54, 1.807) is 17.5 Å². The van der Waals surface area contributed by atoms with Crippen molar-refractivity contribution in [2.24, 2.45) is 5.92 Å². The van der Waals surface area contributed by atoms with Crippen LogP contribution in [0.1, 0.15) is 74.7 Å². The largest absolute Gasteiger partial charge is 0.352 e. The molecule has 2 heterocycles. The predicted octanol–water partition coefficient (Wildman–Crippen LogP) is 6.65. The Hall–Kier alpha value is -2.27. The molecule has 3 aromatic rings. The number of nitrogens with one attached hydrogen (secondary N) is 1. The number of carbonyl (C=O) groups excluding carboxylic acids is 1. The van der Waals surface area contributed by atoms with Crippen LogP contribution in [0.3, 0.4) is 0 Å². The third-order valence-corrected chi connectivity index (χ3v) is 6.68. The summed E-state index contributed by atoms with van der Waals surface area (Å²) in [4.78, 5) is 21.9. The van der Waals surface area contributed by atoms with Gasteiger partial charge in [0.05, 0.1) is 20.8 Å². The quantitative estimate of drug-likeness (QED) is 0.351. The van der Waals surface area contributed by atoms with Crippen LogP contribution in [0, 0.1) is 5.92 Å². The summed E-state index contributed by atoms with van der Waals surface area (Å²) in [5.74, 6) is 0.676. The molecule has 5 heteroatoms. The normalized spacial score (nSPS) is 12.2. The summed E-state index contributed by atoms with van der Waals surface area (Å²) in [5.41, 5.74) is 3.61. The van der Waals surface area contributed by atoms with Crippen LogP contribution in [0.5, 0.6) is 0 Å². The maximum atomic E-state index is 12.7. The number of amides is 1. The zero-order valence-corrected chi connectivity index (χ0v) is 19.2. The molecule has 0 radical (unpaired) electrons. The van der Waals surface area contributed by atoms with Crippen molar-refractivity contribution in [3.8, 4) is 11.1 Å². The molecule has 0 fully saturated rings. The second-order valence-electron chi connectivity index (χ2n) is 8.07. The smallest absolute Gasteiger partial charge is 0.252 e. The fraction of sp³-hybridized carbons (Fsp3) is 0.480. The maximum absolute atomic E-state index is 12.7. The first-order valence-electron chi connectivity index (χ1n) is 11.2. The first-order chi connectivity index (χ1) is 14.6. The molecule has 1 unspecified atom stereocenters. The highest BCUT2D eigenvalue weighted by Crippen LogP contribution is 2.32. The summed E-state index contributed by atoms with van der Waals surface area (Å²) < 4.78 is 0.985. The Kier molecular flexibility index (Phi) is 8.38. The van der Waals surface area contributed by atoms with Crippen LogP contribution in [0.4, 0.5) is 0 Å². The van der Waals surface area contributed by atoms with Gasteiger partial charge < -0.3 is 5.32 Å². The number of aryl methyl sites for hydroxylation is 1. The Balaban J connectivity index is 1.81. The van der Waals surface area contributed by atoms with E-state index < -0.39 is 0 Å². The molecule has 1 atom stereocenters. The van der Waals surface area contributed by atoms with E-state index in [1.165, 1.54) is 32.1 Å². The number of rotatable bonds is 11. The third kappa shape index (κ3) is 5.88. The lowest BCUT2D eigenvalue weighted by Crippen LogP contribution is -2.22. The van der Waals surface area contributed by atoms with Crippen molar-refractivity contribution < 1.29 is 4.79 Å². The van der Waals surface area contributed by atoms with Gasteiger partial charge in [-0.3, -0.25) is 9.78 Å². The summed E-state index contributed by atoms with van der Waals surface area (Å²) in [6, 6.07) is 7.99. The van der Waals surface area contributed by atoms with Gasteiger partial charge in [-0.2, -0.15) is 0 Å². The molecule has 0 spiro atoms. The molecule has 0 bridgehead atoms. The minimum Gasteiger partial charge on any atom is -0.352 e. The van der Waals surface area contributed by atoms with Crippen molar-refractivity contribution in [2.75, 3.05) is 6.54 Å². The van der Waals surface area contributed by atoms with Gasteiger partial charge in [0.1, 0.15) is 0 Å². The monoisotopic (exact) mass is 423 g/mol. The Bertz CT molecular complexity index is 952. The minimum atomic E-state index is -0.0345. The van der Waals surface area contributed by atoms with Gasteiger partial charge >= 0.3 is 0 Å². The molecular weight excluding hydrogens is 390 g/mol. The molecular formula is C25H33N3OS. The molecule has 30 heavy (non-hydrogen) atoms. The van der Waals surface area contributed by atoms with E-state index in [9.17, 15) is 4.79 Å². The van der Waals surface area contributed by atoms with Gasteiger partial charge in [0, 0.05) is 24.5 Å². The van der Waals surface area contributed by atoms with Crippen LogP contribution >= 0.6 is 11.3 Å². The average Bonchev–Trinajstić information content (AvgIpc) is 3.18. The fourth-order valence-electron chi connectivity index (χ4n) is 3.74. The number of nitrogens with zero attached hydrogens (tertiary/aromatic N) is 2. The molecule has 2 aromatic heterocycles. The van der Waals surface area contributed by atoms with Crippen LogP contribution in [0.2, 0.25) is 0 Å². The van der Waals surface area contributed by atoms with Gasteiger partial charge in [-0.1, -0.05) is 52.0 Å². The topological polar surface area (TPSA) is 54.9 Å². The summed E-state index contributed by atoms with van der Waals surface area (Å²) >= 11 is 1.67. The summed E-state index contributed by atoms with van der Waals surface area (Å²) in [6.45, 7) is 7.16. The van der Waals surface area contributed by atoms with E-state index >= 15 is 0 Å². The van der Waals surface area contributed by atoms with E-state index in [-0.39, 0.29) is 5.91 Å². The number of aromatic nitrogens is 2. The van der Waals surface area contributed by atoms with Gasteiger partial charge in [-0.15, -0.1) is 11.3 Å². The average molecular weight is 424 g/mol. The van der Waals surface area contributed by atoms with Crippen LogP contribution in [-0.4, -0.2) is 22.4 Å². The minimum absolute atomic E-state index is 0.0345. The Morgan fingerprint density at radius 1 is 1.13 bits per heavy atom. The Morgan fingerprint density at radius 3 is 2.73 bits per heavy atom. The standard InChI is InChI=1S/C25H33N3OS/c1-4-6-7-8-10-18(3)12-13-23-28-22-16-20(19-11-9-14-26-17-19)15-21(24(22)30-23)25(29)27-5-2/h9,11,14-18H,4-8,10,12-13H2,1-3H3,(H,27,29). The zero-order valence-electron chi connectivity index (χ0n) is 18.4. The lowest BCUT2D eigenvalue weighted by Gasteiger charge is -2.09. The second kappa shape index (κ2) is 11.2. The molecule has 0 aliphatic rings. The van der Waals surface area contributed by atoms with Crippen molar-refractivity contribution in [3.05, 3.63) is 47.2 Å². The van der Waals surface area contributed by atoms with E-state index in [2.05, 4.69) is 30.2 Å². The van der Waals surface area contributed by atoms with E-state index in [0.717, 1.165) is 39.2 Å². The lowest BCUT2D eigenvalue weighted by atomic mass is 9.98. The van der Waals surface area contributed by atoms with E-state index in [0.29, 0.717) is 18.0 Å². The Morgan fingerprint density at radius 2 is 2.00 bits per heavy atom. The molecule has 1 amide bonds. The van der Waals surface area contributed by atoms with Gasteiger partial charge in [-0.05, 0) is 49.4 Å². The van der Waals surface area contributed by atoms with E-state index in [1.807, 2.05) is 31.3 Å². The van der Waals surface area contributed by atoms with Crippen LogP contribution in [0.25, 0.3) is 21.3 Å². The predicted molar refractivity (Wildman–Crippen MR) is 127 cm³/mol. The molecule has 160 valence electrons. The SMILES string of the molecule is CCCCCCC(C)CCc1nc2cc(-c3cccnc3)cc(C(=O)NCC)c2s1. The highest BCUT2D eigenvalue weighted by molar-refractivity contribution is 7.19. The number of fused-ring (bicyclic) bond motifs is 1. The van der Waals surface area contributed by atoms with E-state index in [4.69, 9.17) is 4.98 Å². The molecule has 0 aliphatic heterocycles. The van der Waals surface area contributed by atoms with Crippen LogP contribution in [0.15, 0.2) is 36.7 Å². The molecule has 0 saturated carbocycles. The van der Waals surface area contributed by atoms with Crippen molar-refractivity contribution in [3.63, 3.8) is 0 Å². The third-order valence-electron chi connectivity index (χ3n) is 5.51. The highest BCUT2D eigenvalue weighted by Gasteiger charge is 2.17. The summed E-state index contributed by atoms with van der Waals surface area (Å²) in [7, 11) is 0. The first-order valence-corrected chi connectivity index (χ1v) is 12.1. The molecule has 1 N–H and O–H groups in total. The van der Waals surface area contributed by atoms with Crippen molar-refractivity contribution >= 4 is 27.5 Å². The second-order valence-corrected chi connectivity index (χ2v) is 9.16. The van der Waals surface area contributed by atoms with Crippen LogP contribution < -0.4 is 5.32 Å². The van der Waals surface area contributed by atoms with Crippen LogP contribution in [-0.2, 0) is 6.42 Å². The number of hydrogen-bond acceptors (Lipinski definition) is 4. The highest BCUT2D eigenvalue weighted by atomic mass is 32.1. The van der Waals surface area contributed by atoms with Gasteiger partial charge in [-0.25, -0.2) is 4.98 Å². The number of benzene rings is 1. The van der Waals surface area contributed by atoms with Crippen molar-refractivity contribution in [2.45, 2.75) is 65.7 Å². The lowest BCUT2D eigenvalue weighted by molar-refractivity contribution is 0.0957. The first kappa shape index (κ1) is 22.4. The number of thiazole rings is 1. The van der Waals surface area contributed by atoms with Gasteiger partial charge in [0.2, 0.25) is 0 Å². The molecule has 0 saturated heterocycles. The fourth-order valence-corrected chi connectivity index (χ4v) is 4.81.